The number of carbonyl (C=O) groups excluding carboxylic acids is 1. The highest BCUT2D eigenvalue weighted by molar-refractivity contribution is 5.94. The van der Waals surface area contributed by atoms with Crippen LogP contribution in [0.25, 0.3) is 5.69 Å². The van der Waals surface area contributed by atoms with Gasteiger partial charge in [0.1, 0.15) is 5.82 Å². The number of H-pyrrole nitrogens is 2. The first-order chi connectivity index (χ1) is 13.0. The fourth-order valence-corrected chi connectivity index (χ4v) is 3.62. The lowest BCUT2D eigenvalue weighted by Crippen LogP contribution is -2.38. The summed E-state index contributed by atoms with van der Waals surface area (Å²) in [6.45, 7) is 5.46. The molecule has 7 nitrogen and oxygen atoms in total. The highest BCUT2D eigenvalue weighted by atomic mass is 16.2. The van der Waals surface area contributed by atoms with Crippen molar-refractivity contribution < 1.29 is 4.79 Å². The van der Waals surface area contributed by atoms with Gasteiger partial charge < -0.3 is 14.9 Å². The largest absolute Gasteiger partial charge is 0.346 e. The second kappa shape index (κ2) is 6.90. The van der Waals surface area contributed by atoms with Gasteiger partial charge in [0.2, 0.25) is 0 Å². The SMILES string of the molecule is Cc1nc(C2CCN(C(=O)c3cccc(-n4cc[nH]c4=O)c3)CC2)[nH]c1C. The molecule has 0 radical (unpaired) electrons. The average molecular weight is 365 g/mol. The predicted molar refractivity (Wildman–Crippen MR) is 102 cm³/mol. The average Bonchev–Trinajstić information content (AvgIpc) is 3.27. The van der Waals surface area contributed by atoms with Crippen LogP contribution < -0.4 is 5.69 Å². The molecule has 0 spiro atoms. The van der Waals surface area contributed by atoms with Crippen LogP contribution in [0.2, 0.25) is 0 Å². The molecule has 7 heteroatoms. The standard InChI is InChI=1S/C20H23N5O2/c1-13-14(2)23-18(22-13)15-6-9-24(10-7-15)19(26)16-4-3-5-17(12-16)25-11-8-21-20(25)27/h3-5,8,11-12,15H,6-7,9-10H2,1-2H3,(H,21,27)(H,22,23). The summed E-state index contributed by atoms with van der Waals surface area (Å²) in [5.41, 5.74) is 3.22. The van der Waals surface area contributed by atoms with Crippen LogP contribution >= 0.6 is 0 Å². The van der Waals surface area contributed by atoms with Crippen LogP contribution in [0, 0.1) is 13.8 Å². The molecule has 1 saturated heterocycles. The molecule has 1 fully saturated rings. The van der Waals surface area contributed by atoms with Crippen LogP contribution in [0.4, 0.5) is 0 Å². The third-order valence-electron chi connectivity index (χ3n) is 5.34. The summed E-state index contributed by atoms with van der Waals surface area (Å²) in [7, 11) is 0. The molecule has 27 heavy (non-hydrogen) atoms. The zero-order valence-electron chi connectivity index (χ0n) is 15.5. The summed E-state index contributed by atoms with van der Waals surface area (Å²) in [5, 5.41) is 0. The molecule has 3 aromatic rings. The second-order valence-corrected chi connectivity index (χ2v) is 7.08. The summed E-state index contributed by atoms with van der Waals surface area (Å²) in [5.74, 6) is 1.41. The Bertz CT molecular complexity index is 1000. The number of rotatable bonds is 3. The Morgan fingerprint density at radius 3 is 2.63 bits per heavy atom. The third kappa shape index (κ3) is 3.32. The Morgan fingerprint density at radius 2 is 2.00 bits per heavy atom. The van der Waals surface area contributed by atoms with E-state index in [0.29, 0.717) is 30.3 Å². The van der Waals surface area contributed by atoms with Crippen molar-refractivity contribution in [2.45, 2.75) is 32.6 Å². The molecule has 2 N–H and O–H groups in total. The van der Waals surface area contributed by atoms with Gasteiger partial charge >= 0.3 is 5.69 Å². The third-order valence-corrected chi connectivity index (χ3v) is 5.34. The molecule has 3 heterocycles. The van der Waals surface area contributed by atoms with E-state index in [4.69, 9.17) is 0 Å². The van der Waals surface area contributed by atoms with Gasteiger partial charge in [0.25, 0.3) is 5.91 Å². The van der Waals surface area contributed by atoms with Crippen LogP contribution in [-0.4, -0.2) is 43.4 Å². The van der Waals surface area contributed by atoms with E-state index >= 15 is 0 Å². The quantitative estimate of drug-likeness (QED) is 0.748. The van der Waals surface area contributed by atoms with Crippen molar-refractivity contribution in [3.05, 3.63) is 69.9 Å². The smallest absolute Gasteiger partial charge is 0.330 e. The van der Waals surface area contributed by atoms with Gasteiger partial charge in [-0.05, 0) is 44.9 Å². The number of nitrogens with one attached hydrogen (secondary N) is 2. The van der Waals surface area contributed by atoms with E-state index in [0.717, 1.165) is 30.1 Å². The molecule has 0 saturated carbocycles. The molecular formula is C20H23N5O2. The lowest BCUT2D eigenvalue weighted by atomic mass is 9.95. The first kappa shape index (κ1) is 17.3. The fraction of sp³-hybridized carbons (Fsp3) is 0.350. The number of hydrogen-bond donors (Lipinski definition) is 2. The highest BCUT2D eigenvalue weighted by Crippen LogP contribution is 2.27. The number of piperidine rings is 1. The van der Waals surface area contributed by atoms with E-state index < -0.39 is 0 Å². The molecule has 140 valence electrons. The van der Waals surface area contributed by atoms with E-state index in [1.54, 1.807) is 24.5 Å². The number of hydrogen-bond acceptors (Lipinski definition) is 3. The number of amides is 1. The van der Waals surface area contributed by atoms with E-state index in [9.17, 15) is 9.59 Å². The molecule has 0 atom stereocenters. The molecule has 1 amide bonds. The molecule has 4 rings (SSSR count). The maximum Gasteiger partial charge on any atom is 0.330 e. The molecule has 1 aliphatic rings. The molecule has 0 bridgehead atoms. The highest BCUT2D eigenvalue weighted by Gasteiger charge is 2.26. The van der Waals surface area contributed by atoms with Crippen LogP contribution in [-0.2, 0) is 0 Å². The monoisotopic (exact) mass is 365 g/mol. The van der Waals surface area contributed by atoms with Crippen molar-refractivity contribution in [3.8, 4) is 5.69 Å². The van der Waals surface area contributed by atoms with Gasteiger partial charge in [0, 0.05) is 42.7 Å². The zero-order chi connectivity index (χ0) is 19.0. The minimum atomic E-state index is -0.218. The van der Waals surface area contributed by atoms with E-state index in [2.05, 4.69) is 15.0 Å². The first-order valence-electron chi connectivity index (χ1n) is 9.22. The van der Waals surface area contributed by atoms with Gasteiger partial charge in [0.15, 0.2) is 0 Å². The number of benzene rings is 1. The van der Waals surface area contributed by atoms with Gasteiger partial charge in [-0.1, -0.05) is 6.07 Å². The predicted octanol–water partition coefficient (Wildman–Crippen LogP) is 2.53. The van der Waals surface area contributed by atoms with Gasteiger partial charge in [-0.2, -0.15) is 0 Å². The van der Waals surface area contributed by atoms with Crippen LogP contribution in [0.3, 0.4) is 0 Å². The van der Waals surface area contributed by atoms with E-state index in [1.807, 2.05) is 30.9 Å². The summed E-state index contributed by atoms with van der Waals surface area (Å²) in [6.07, 6.45) is 5.04. The van der Waals surface area contributed by atoms with Crippen molar-refractivity contribution >= 4 is 5.91 Å². The maximum atomic E-state index is 12.9. The Kier molecular flexibility index (Phi) is 4.43. The number of likely N-dealkylation sites (tertiary alicyclic amines) is 1. The Balaban J connectivity index is 1.47. The van der Waals surface area contributed by atoms with Crippen molar-refractivity contribution in [1.29, 1.82) is 0 Å². The lowest BCUT2D eigenvalue weighted by Gasteiger charge is -2.31. The van der Waals surface area contributed by atoms with Gasteiger partial charge in [-0.3, -0.25) is 9.36 Å². The van der Waals surface area contributed by atoms with Crippen LogP contribution in [0.15, 0.2) is 41.5 Å². The Hall–Kier alpha value is -3.09. The van der Waals surface area contributed by atoms with Gasteiger partial charge in [-0.25, -0.2) is 9.78 Å². The van der Waals surface area contributed by atoms with Crippen molar-refractivity contribution in [3.63, 3.8) is 0 Å². The normalized spacial score (nSPS) is 15.3. The minimum Gasteiger partial charge on any atom is -0.346 e. The van der Waals surface area contributed by atoms with Gasteiger partial charge in [-0.15, -0.1) is 0 Å². The van der Waals surface area contributed by atoms with Crippen molar-refractivity contribution in [2.24, 2.45) is 0 Å². The topological polar surface area (TPSA) is 86.8 Å². The number of carbonyl (C=O) groups is 1. The Labute approximate surface area is 157 Å². The number of aromatic nitrogens is 4. The maximum absolute atomic E-state index is 12.9. The summed E-state index contributed by atoms with van der Waals surface area (Å²) < 4.78 is 1.49. The first-order valence-corrected chi connectivity index (χ1v) is 9.22. The summed E-state index contributed by atoms with van der Waals surface area (Å²) >= 11 is 0. The molecule has 0 unspecified atom stereocenters. The molecule has 2 aromatic heterocycles. The van der Waals surface area contributed by atoms with E-state index in [1.165, 1.54) is 4.57 Å². The molecule has 0 aliphatic carbocycles. The number of nitrogens with zero attached hydrogens (tertiary/aromatic N) is 3. The zero-order valence-corrected chi connectivity index (χ0v) is 15.5. The summed E-state index contributed by atoms with van der Waals surface area (Å²) in [4.78, 5) is 37.2. The number of aryl methyl sites for hydroxylation is 2. The van der Waals surface area contributed by atoms with E-state index in [-0.39, 0.29) is 11.6 Å². The van der Waals surface area contributed by atoms with Crippen LogP contribution in [0.5, 0.6) is 0 Å². The number of aromatic amines is 2. The van der Waals surface area contributed by atoms with Crippen molar-refractivity contribution in [1.82, 2.24) is 24.4 Å². The lowest BCUT2D eigenvalue weighted by molar-refractivity contribution is 0.0711. The van der Waals surface area contributed by atoms with Crippen LogP contribution in [0.1, 0.15) is 46.3 Å². The van der Waals surface area contributed by atoms with Crippen molar-refractivity contribution in [2.75, 3.05) is 13.1 Å². The fourth-order valence-electron chi connectivity index (χ4n) is 3.62. The molecular weight excluding hydrogens is 342 g/mol. The van der Waals surface area contributed by atoms with Gasteiger partial charge in [0.05, 0.1) is 11.4 Å². The second-order valence-electron chi connectivity index (χ2n) is 7.08. The number of imidazole rings is 2. The molecule has 1 aromatic carbocycles. The molecule has 1 aliphatic heterocycles. The Morgan fingerprint density at radius 1 is 1.22 bits per heavy atom. The summed E-state index contributed by atoms with van der Waals surface area (Å²) in [6, 6.07) is 7.20. The minimum absolute atomic E-state index is 0.00527.